The Morgan fingerprint density at radius 3 is 2.23 bits per heavy atom. The summed E-state index contributed by atoms with van der Waals surface area (Å²) >= 11 is 1.13. The van der Waals surface area contributed by atoms with Crippen LogP contribution in [-0.4, -0.2) is 85.9 Å². The monoisotopic (exact) mass is 625 g/mol. The maximum absolute atomic E-state index is 12.6. The summed E-state index contributed by atoms with van der Waals surface area (Å²) in [5, 5.41) is 41.6. The average Bonchev–Trinajstić information content (AvgIpc) is 2.95. The van der Waals surface area contributed by atoms with Crippen LogP contribution in [0.1, 0.15) is 71.1 Å². The molecule has 8 N–H and O–H groups in total. The van der Waals surface area contributed by atoms with Gasteiger partial charge in [-0.3, -0.25) is 24.0 Å². The molecule has 0 unspecified atom stereocenters. The average molecular weight is 626 g/mol. The fourth-order valence-electron chi connectivity index (χ4n) is 3.54. The quantitative estimate of drug-likeness (QED) is 0.0444. The van der Waals surface area contributed by atoms with Crippen LogP contribution >= 0.6 is 11.8 Å². The molecule has 0 bridgehead atoms. The van der Waals surface area contributed by atoms with Gasteiger partial charge in [0.1, 0.15) is 18.6 Å². The van der Waals surface area contributed by atoms with Gasteiger partial charge in [-0.25, -0.2) is 0 Å². The summed E-state index contributed by atoms with van der Waals surface area (Å²) in [6.07, 6.45) is 19.5. The van der Waals surface area contributed by atoms with Crippen molar-refractivity contribution in [2.75, 3.05) is 12.3 Å². The Bertz CT molecular complexity index is 982. The van der Waals surface area contributed by atoms with Crippen molar-refractivity contribution in [1.29, 1.82) is 0 Å². The minimum Gasteiger partial charge on any atom is -0.481 e. The number of aliphatic hydroxyl groups is 1. The molecular formula is C30H47N3O9S. The lowest BCUT2D eigenvalue weighted by molar-refractivity contribution is -0.139. The van der Waals surface area contributed by atoms with E-state index in [0.29, 0.717) is 0 Å². The van der Waals surface area contributed by atoms with E-state index in [1.807, 2.05) is 18.2 Å². The van der Waals surface area contributed by atoms with Crippen LogP contribution in [0.3, 0.4) is 0 Å². The summed E-state index contributed by atoms with van der Waals surface area (Å²) in [5.74, 6) is -5.01. The molecule has 242 valence electrons. The first kappa shape index (κ1) is 39.6. The van der Waals surface area contributed by atoms with Gasteiger partial charge in [0, 0.05) is 23.8 Å². The molecule has 43 heavy (non-hydrogen) atoms. The van der Waals surface area contributed by atoms with Crippen molar-refractivity contribution in [3.05, 3.63) is 48.6 Å². The minimum absolute atomic E-state index is 0.0542. The maximum atomic E-state index is 12.6. The SMILES string of the molecule is CCCCC/C=C/C/C=C/C=C/C=C/[C@H](SC[C@H](NC(=O)CC[C@@H](N)C(=O)O)C(=O)NCC(=O)O)[C@H](O)CCCC(=O)O. The third kappa shape index (κ3) is 22.8. The molecule has 0 radical (unpaired) electrons. The number of carbonyl (C=O) groups is 5. The first-order valence-corrected chi connectivity index (χ1v) is 15.5. The van der Waals surface area contributed by atoms with E-state index in [4.69, 9.17) is 21.1 Å². The molecule has 0 rings (SSSR count). The molecule has 0 aromatic heterocycles. The number of carboxylic acid groups (broad SMARTS) is 3. The molecule has 0 aromatic rings. The first-order chi connectivity index (χ1) is 20.5. The molecule has 0 aliphatic carbocycles. The van der Waals surface area contributed by atoms with Crippen LogP contribution in [0, 0.1) is 0 Å². The van der Waals surface area contributed by atoms with Gasteiger partial charge in [0.05, 0.1) is 6.10 Å². The number of nitrogens with two attached hydrogens (primary N) is 1. The summed E-state index contributed by atoms with van der Waals surface area (Å²) in [4.78, 5) is 57.8. The van der Waals surface area contributed by atoms with Crippen molar-refractivity contribution in [3.8, 4) is 0 Å². The second kappa shape index (κ2) is 25.1. The lowest BCUT2D eigenvalue weighted by Crippen LogP contribution is -2.50. The van der Waals surface area contributed by atoms with Gasteiger partial charge < -0.3 is 36.8 Å². The van der Waals surface area contributed by atoms with Crippen molar-refractivity contribution in [2.24, 2.45) is 5.73 Å². The highest BCUT2D eigenvalue weighted by atomic mass is 32.2. The highest BCUT2D eigenvalue weighted by Gasteiger charge is 2.25. The molecule has 13 heteroatoms. The third-order valence-electron chi connectivity index (χ3n) is 5.97. The molecule has 0 aliphatic heterocycles. The van der Waals surface area contributed by atoms with Crippen molar-refractivity contribution >= 4 is 41.5 Å². The van der Waals surface area contributed by atoms with E-state index in [9.17, 15) is 29.1 Å². The van der Waals surface area contributed by atoms with Gasteiger partial charge in [0.2, 0.25) is 11.8 Å². The fraction of sp³-hybridized carbons (Fsp3) is 0.567. The highest BCUT2D eigenvalue weighted by molar-refractivity contribution is 8.00. The zero-order chi connectivity index (χ0) is 32.5. The van der Waals surface area contributed by atoms with Gasteiger partial charge >= 0.3 is 17.9 Å². The van der Waals surface area contributed by atoms with Crippen LogP contribution in [0.2, 0.25) is 0 Å². The zero-order valence-electron chi connectivity index (χ0n) is 24.7. The smallest absolute Gasteiger partial charge is 0.322 e. The van der Waals surface area contributed by atoms with Crippen molar-refractivity contribution in [3.63, 3.8) is 0 Å². The van der Waals surface area contributed by atoms with Crippen molar-refractivity contribution in [2.45, 2.75) is 94.6 Å². The number of aliphatic carboxylic acids is 3. The molecule has 4 atom stereocenters. The second-order valence-corrected chi connectivity index (χ2v) is 11.0. The van der Waals surface area contributed by atoms with Crippen LogP contribution in [0.15, 0.2) is 48.6 Å². The van der Waals surface area contributed by atoms with Gasteiger partial charge in [0.15, 0.2) is 0 Å². The summed E-state index contributed by atoms with van der Waals surface area (Å²) in [5.41, 5.74) is 5.43. The molecule has 0 saturated heterocycles. The number of carbonyl (C=O) groups excluding carboxylic acids is 2. The lowest BCUT2D eigenvalue weighted by atomic mass is 10.1. The van der Waals surface area contributed by atoms with E-state index >= 15 is 0 Å². The molecule has 0 aromatic carbocycles. The van der Waals surface area contributed by atoms with E-state index in [-0.39, 0.29) is 37.9 Å². The Morgan fingerprint density at radius 2 is 1.58 bits per heavy atom. The van der Waals surface area contributed by atoms with Gasteiger partial charge in [-0.05, 0) is 38.5 Å². The molecule has 0 heterocycles. The van der Waals surface area contributed by atoms with Gasteiger partial charge in [-0.15, -0.1) is 11.8 Å². The van der Waals surface area contributed by atoms with Gasteiger partial charge in [-0.2, -0.15) is 0 Å². The number of aliphatic hydroxyl groups excluding tert-OH is 1. The number of unbranched alkanes of at least 4 members (excludes halogenated alkanes) is 3. The zero-order valence-corrected chi connectivity index (χ0v) is 25.5. The van der Waals surface area contributed by atoms with Crippen LogP contribution in [0.5, 0.6) is 0 Å². The highest BCUT2D eigenvalue weighted by Crippen LogP contribution is 2.22. The van der Waals surface area contributed by atoms with Crippen molar-refractivity contribution < 1.29 is 44.4 Å². The molecule has 0 aliphatic rings. The van der Waals surface area contributed by atoms with E-state index in [0.717, 1.165) is 24.6 Å². The first-order valence-electron chi connectivity index (χ1n) is 14.4. The predicted molar refractivity (Wildman–Crippen MR) is 166 cm³/mol. The molecule has 2 amide bonds. The Kier molecular flexibility index (Phi) is 23.1. The van der Waals surface area contributed by atoms with E-state index in [1.165, 1.54) is 19.3 Å². The summed E-state index contributed by atoms with van der Waals surface area (Å²) in [6.45, 7) is 1.49. The van der Waals surface area contributed by atoms with E-state index < -0.39 is 59.7 Å². The van der Waals surface area contributed by atoms with Gasteiger partial charge in [0.25, 0.3) is 0 Å². The minimum atomic E-state index is -1.28. The Morgan fingerprint density at radius 1 is 0.860 bits per heavy atom. The van der Waals surface area contributed by atoms with E-state index in [1.54, 1.807) is 18.2 Å². The lowest BCUT2D eigenvalue weighted by Gasteiger charge is -2.23. The number of rotatable bonds is 25. The maximum Gasteiger partial charge on any atom is 0.322 e. The fourth-order valence-corrected chi connectivity index (χ4v) is 4.75. The number of hydrogen-bond acceptors (Lipinski definition) is 8. The van der Waals surface area contributed by atoms with Crippen LogP contribution in [0.4, 0.5) is 0 Å². The summed E-state index contributed by atoms with van der Waals surface area (Å²) in [7, 11) is 0. The number of allylic oxidation sites excluding steroid dienone is 7. The summed E-state index contributed by atoms with van der Waals surface area (Å²) < 4.78 is 0. The standard InChI is InChI=1S/C30H47N3O9S/c1-2-3-4-5-6-7-8-9-10-11-12-13-16-25(24(34)15-14-17-27(36)37)43-21-23(29(40)32-20-28(38)39)33-26(35)19-18-22(31)30(41)42/h6-7,9-13,16,22-25,34H,2-5,8,14-15,17-21,31H2,1H3,(H,32,40)(H,33,35)(H,36,37)(H,38,39)(H,41,42)/b7-6+,10-9+,12-11+,16-13+/t22-,23+,24-,25+/m1/s1. The van der Waals surface area contributed by atoms with Gasteiger partial charge in [-0.1, -0.05) is 68.4 Å². The normalized spacial score (nSPS) is 14.7. The van der Waals surface area contributed by atoms with Crippen LogP contribution in [-0.2, 0) is 24.0 Å². The van der Waals surface area contributed by atoms with Crippen molar-refractivity contribution in [1.82, 2.24) is 10.6 Å². The number of nitrogens with one attached hydrogen (secondary N) is 2. The number of carboxylic acids is 3. The second-order valence-electron chi connectivity index (χ2n) is 9.77. The number of thioether (sulfide) groups is 1. The Hall–Kier alpha value is -3.42. The molecule has 0 saturated carbocycles. The number of hydrogen-bond donors (Lipinski definition) is 7. The molecular weight excluding hydrogens is 578 g/mol. The number of amides is 2. The topological polar surface area (TPSA) is 216 Å². The largest absolute Gasteiger partial charge is 0.481 e. The van der Waals surface area contributed by atoms with Crippen LogP contribution in [0.25, 0.3) is 0 Å². The Balaban J connectivity index is 5.38. The third-order valence-corrected chi connectivity index (χ3v) is 7.36. The summed E-state index contributed by atoms with van der Waals surface area (Å²) in [6, 6.07) is -2.45. The molecule has 12 nitrogen and oxygen atoms in total. The Labute approximate surface area is 257 Å². The molecule has 0 spiro atoms. The van der Waals surface area contributed by atoms with E-state index in [2.05, 4.69) is 29.7 Å². The molecule has 0 fully saturated rings. The van der Waals surface area contributed by atoms with Crippen LogP contribution < -0.4 is 16.4 Å². The predicted octanol–water partition coefficient (Wildman–Crippen LogP) is 2.78.